The van der Waals surface area contributed by atoms with Crippen molar-refractivity contribution < 1.29 is 148 Å². The quantitative estimate of drug-likeness (QED) is 0.105. The number of hydrogen-bond acceptors (Lipinski definition) is 10. The Balaban J connectivity index is 0.00000141. The number of aliphatic hydroxyl groups excluding tert-OH is 1. The van der Waals surface area contributed by atoms with Crippen molar-refractivity contribution in [3.8, 4) is 78.8 Å². The Morgan fingerprint density at radius 3 is 0.772 bits per heavy atom. The number of halogens is 12. The summed E-state index contributed by atoms with van der Waals surface area (Å²) < 4.78 is 155. The Labute approximate surface area is 789 Å². The fourth-order valence-corrected chi connectivity index (χ4v) is 9.67. The summed E-state index contributed by atoms with van der Waals surface area (Å²) in [5.41, 5.74) is 9.40. The maximum Gasteiger partial charge on any atom is 0.354 e. The van der Waals surface area contributed by atoms with Crippen LogP contribution in [0.2, 0.25) is 0 Å². The molecule has 15 rings (SSSR count). The van der Waals surface area contributed by atoms with Crippen molar-refractivity contribution in [2.24, 2.45) is 0 Å². The number of nitrogens with zero attached hydrogens (tertiary/aromatic N) is 8. The van der Waals surface area contributed by atoms with E-state index in [0.717, 1.165) is 83.0 Å². The molecule has 0 aliphatic heterocycles. The fraction of sp³-hybridized carbons (Fsp3) is 0.170. The zero-order valence-electron chi connectivity index (χ0n) is 71.4. The number of carbonyl (C=O) groups is 1. The van der Waals surface area contributed by atoms with Gasteiger partial charge in [-0.3, -0.25) is 52.7 Å². The fourth-order valence-electron chi connectivity index (χ4n) is 9.67. The van der Waals surface area contributed by atoms with Crippen LogP contribution in [0, 0.1) is 112 Å². The van der Waals surface area contributed by atoms with E-state index in [2.05, 4.69) is 124 Å². The van der Waals surface area contributed by atoms with Crippen LogP contribution in [-0.2, 0) is 97.9 Å². The van der Waals surface area contributed by atoms with E-state index in [1.807, 2.05) is 79.7 Å². The van der Waals surface area contributed by atoms with Crippen LogP contribution in [0.3, 0.4) is 0 Å². The van der Waals surface area contributed by atoms with Gasteiger partial charge in [-0.05, 0) is 122 Å². The van der Waals surface area contributed by atoms with E-state index < -0.39 is 64.1 Å². The second kappa shape index (κ2) is 62.1. The number of carboxylic acids is 1. The first kappa shape index (κ1) is 116. The first-order valence-electron chi connectivity index (χ1n) is 38.5. The Morgan fingerprint density at radius 2 is 0.535 bits per heavy atom. The largest absolute Gasteiger partial charge is 0.477 e. The third kappa shape index (κ3) is 40.6. The van der Waals surface area contributed by atoms with Crippen molar-refractivity contribution in [1.29, 1.82) is 0 Å². The zero-order valence-corrected chi connectivity index (χ0v) is 81.0. The van der Waals surface area contributed by atoms with Crippen LogP contribution in [0.1, 0.15) is 124 Å². The van der Waals surface area contributed by atoms with Crippen molar-refractivity contribution in [1.82, 2.24) is 39.9 Å². The topological polar surface area (TPSA) is 161 Å². The average Bonchev–Trinajstić information content (AvgIpc) is 0.803. The molecule has 8 heterocycles. The van der Waals surface area contributed by atoms with Crippen LogP contribution in [0.25, 0.3) is 78.8 Å². The predicted octanol–water partition coefficient (Wildman–Crippen LogP) is 26.5. The van der Waals surface area contributed by atoms with Gasteiger partial charge in [-0.25, -0.2) is 9.78 Å². The second-order valence-electron chi connectivity index (χ2n) is 26.0. The molecule has 7 aromatic carbocycles. The van der Waals surface area contributed by atoms with Gasteiger partial charge in [0.05, 0.1) is 6.61 Å². The molecule has 0 aliphatic rings. The molecule has 11 nitrogen and oxygen atoms in total. The van der Waals surface area contributed by atoms with E-state index in [0.29, 0.717) is 39.7 Å². The molecule has 0 amide bonds. The minimum Gasteiger partial charge on any atom is -0.477 e. The van der Waals surface area contributed by atoms with Crippen LogP contribution in [0.15, 0.2) is 274 Å². The van der Waals surface area contributed by atoms with E-state index in [1.54, 1.807) is 153 Å². The minimum absolute atomic E-state index is 0. The molecule has 8 aromatic heterocycles. The van der Waals surface area contributed by atoms with Gasteiger partial charge in [0.25, 0.3) is 0 Å². The molecule has 15 aromatic rings. The molecule has 676 valence electrons. The number of rotatable bonds is 9. The first-order chi connectivity index (χ1) is 59.0. The molecule has 127 heavy (non-hydrogen) atoms. The van der Waals surface area contributed by atoms with Gasteiger partial charge in [0.2, 0.25) is 0 Å². The van der Waals surface area contributed by atoms with E-state index in [1.165, 1.54) is 42.1 Å². The van der Waals surface area contributed by atoms with Crippen LogP contribution in [-0.4, -0.2) is 56.1 Å². The summed E-state index contributed by atoms with van der Waals surface area (Å²) >= 11 is 0. The van der Waals surface area contributed by atoms with Crippen LogP contribution < -0.4 is 0 Å². The Morgan fingerprint density at radius 1 is 0.283 bits per heavy atom. The van der Waals surface area contributed by atoms with E-state index >= 15 is 0 Å². The molecule has 0 fully saturated rings. The van der Waals surface area contributed by atoms with E-state index in [4.69, 9.17) is 10.2 Å². The summed E-state index contributed by atoms with van der Waals surface area (Å²) in [5.74, 6) is -8.02. The number of carboxylic acid groups (broad SMARTS) is 1. The van der Waals surface area contributed by atoms with Gasteiger partial charge >= 0.3 is 5.97 Å². The third-order valence-corrected chi connectivity index (χ3v) is 15.5. The molecule has 4 radical (unpaired) electrons. The first-order valence-corrected chi connectivity index (χ1v) is 38.5. The van der Waals surface area contributed by atoms with E-state index in [-0.39, 0.29) is 143 Å². The Bertz CT molecular complexity index is 5250. The molecule has 27 heteroatoms. The third-order valence-electron chi connectivity index (χ3n) is 15.5. The summed E-state index contributed by atoms with van der Waals surface area (Å²) in [6, 6.07) is 73.0. The second-order valence-corrected chi connectivity index (χ2v) is 26.0. The monoisotopic (exact) mass is 2450 g/mol. The minimum atomic E-state index is -0.990. The molecule has 2 N–H and O–H groups in total. The van der Waals surface area contributed by atoms with E-state index in [9.17, 15) is 57.5 Å². The summed E-state index contributed by atoms with van der Waals surface area (Å²) in [4.78, 5) is 42.0. The van der Waals surface area contributed by atoms with Crippen molar-refractivity contribution in [3.63, 3.8) is 0 Å². The van der Waals surface area contributed by atoms with Crippen molar-refractivity contribution in [2.45, 2.75) is 114 Å². The van der Waals surface area contributed by atoms with Crippen LogP contribution >= 0.6 is 0 Å². The van der Waals surface area contributed by atoms with Gasteiger partial charge in [-0.2, -0.15) is 0 Å². The Hall–Kier alpha value is -11.1. The molecular weight excluding hydrogens is 2360 g/mol. The van der Waals surface area contributed by atoms with Gasteiger partial charge in [-0.1, -0.05) is 228 Å². The molecule has 0 aliphatic carbocycles. The number of pyridine rings is 8. The zero-order chi connectivity index (χ0) is 91.0. The van der Waals surface area contributed by atoms with Gasteiger partial charge in [0.1, 0.15) is 5.69 Å². The number of aromatic nitrogens is 8. The van der Waals surface area contributed by atoms with Crippen molar-refractivity contribution in [2.75, 3.05) is 0 Å². The van der Waals surface area contributed by atoms with Crippen LogP contribution in [0.5, 0.6) is 0 Å². The molecule has 0 atom stereocenters. The number of aromatic carboxylic acids is 1. The standard InChI is InChI=1S/C15H14F2N.C15H15FN.C12H9FNO.4C11H6F2N.C6H5NO2.4C2H6.4Ir/c1-15(2,3)10-6-7-18-14(8-10)12-5-4-11(16)9-13(12)17;1-15(2,3)12-8-9-17-14(10-12)11-4-6-13(16)7-5-11;13-11-3-1-10(2-4-11)12-7-9(8-15)5-6-14-12;4*12-8-4-5-9(10(13)7-8)11-3-1-2-6-14-11;8-6(9)5-3-1-2-4-7-5;4*1-2;;;;/h4,6-9H,1-3H3;4,6-10H,1-3H3;1,3-7,15H,8H2;4*1-4,6-7H;1-4H,(H,8,9);4*1-2H3;;;;/q7*-1;;;;;;;;;. The summed E-state index contributed by atoms with van der Waals surface area (Å²) in [5, 5.41) is 17.3. The number of aliphatic hydroxyl groups is 1. The van der Waals surface area contributed by atoms with Crippen molar-refractivity contribution in [3.05, 3.63) is 409 Å². The molecular formula is C100H91F12Ir4N8O3-7. The maximum absolute atomic E-state index is 13.7. The van der Waals surface area contributed by atoms with Gasteiger partial charge in [0, 0.05) is 200 Å². The summed E-state index contributed by atoms with van der Waals surface area (Å²) in [7, 11) is 0. The maximum atomic E-state index is 13.7. The average molecular weight is 2450 g/mol. The van der Waals surface area contributed by atoms with Crippen molar-refractivity contribution >= 4 is 5.97 Å². The summed E-state index contributed by atoms with van der Waals surface area (Å²) in [6.45, 7) is 28.6. The SMILES string of the molecule is CC.CC.CC.CC.CC(C)(C)c1ccnc(-c2[c-]cc(F)cc2)c1.CC(C)(C)c1ccnc(-c2[c-]cc(F)cc2F)c1.Fc1c[c-]c(-c2ccccn2)c(F)c1.Fc1c[c-]c(-c2ccccn2)c(F)c1.Fc1c[c-]c(-c2ccccn2)c(F)c1.Fc1c[c-]c(-c2ccccn2)c(F)c1.O=C(O)c1ccccn1.OCc1ccnc(-c2[c-]cc(F)cc2)c1.[Ir].[Ir].[Ir].[Ir]. The summed E-state index contributed by atoms with van der Waals surface area (Å²) in [6.07, 6.45) is 12.7. The Kier molecular flexibility index (Phi) is 56.7. The van der Waals surface area contributed by atoms with Crippen LogP contribution in [0.4, 0.5) is 52.7 Å². The number of benzene rings is 7. The van der Waals surface area contributed by atoms with Gasteiger partial charge < -0.3 is 45.1 Å². The molecule has 0 spiro atoms. The smallest absolute Gasteiger partial charge is 0.354 e. The molecule has 0 saturated carbocycles. The molecule has 0 saturated heterocycles. The predicted molar refractivity (Wildman–Crippen MR) is 459 cm³/mol. The normalized spacial score (nSPS) is 9.69. The molecule has 0 bridgehead atoms. The van der Waals surface area contributed by atoms with Gasteiger partial charge in [-0.15, -0.1) is 120 Å². The number of hydrogen-bond donors (Lipinski definition) is 2. The van der Waals surface area contributed by atoms with Gasteiger partial charge in [0.15, 0.2) is 0 Å². The molecule has 0 unspecified atom stereocenters.